The zero-order chi connectivity index (χ0) is 11.8. The maximum Gasteiger partial charge on any atom is 0.189 e. The second-order valence-corrected chi connectivity index (χ2v) is 5.08. The van der Waals surface area contributed by atoms with Gasteiger partial charge in [-0.1, -0.05) is 13.8 Å². The Labute approximate surface area is 96.3 Å². The minimum Gasteiger partial charge on any atom is -0.344 e. The molecule has 1 aliphatic carbocycles. The molecular weight excluding hydrogens is 202 g/mol. The summed E-state index contributed by atoms with van der Waals surface area (Å²) in [7, 11) is 0. The Morgan fingerprint density at radius 3 is 2.50 bits per heavy atom. The number of allylic oxidation sites excluding steroid dienone is 3. The number of rotatable bonds is 0. The van der Waals surface area contributed by atoms with Gasteiger partial charge < -0.3 is 9.47 Å². The zero-order valence-corrected chi connectivity index (χ0v) is 10.0. The Morgan fingerprint density at radius 1 is 1.38 bits per heavy atom. The highest BCUT2D eigenvalue weighted by atomic mass is 16.7. The van der Waals surface area contributed by atoms with Crippen LogP contribution in [0.4, 0.5) is 0 Å². The van der Waals surface area contributed by atoms with E-state index >= 15 is 0 Å². The Bertz CT molecular complexity index is 393. The van der Waals surface area contributed by atoms with E-state index in [1.165, 1.54) is 0 Å². The second kappa shape index (κ2) is 3.73. The molecule has 0 unspecified atom stereocenters. The molecule has 0 aromatic rings. The molecule has 1 heterocycles. The van der Waals surface area contributed by atoms with Crippen molar-refractivity contribution in [3.63, 3.8) is 0 Å². The Balaban J connectivity index is 2.42. The smallest absolute Gasteiger partial charge is 0.189 e. The summed E-state index contributed by atoms with van der Waals surface area (Å²) >= 11 is 0. The first-order valence-electron chi connectivity index (χ1n) is 5.57. The van der Waals surface area contributed by atoms with Crippen LogP contribution in [-0.2, 0) is 9.47 Å². The highest BCUT2D eigenvalue weighted by Crippen LogP contribution is 2.47. The Hall–Kier alpha value is -1.11. The van der Waals surface area contributed by atoms with E-state index in [9.17, 15) is 0 Å². The summed E-state index contributed by atoms with van der Waals surface area (Å²) in [4.78, 5) is 0. The normalized spacial score (nSPS) is 29.1. The molecule has 16 heavy (non-hydrogen) atoms. The van der Waals surface area contributed by atoms with E-state index in [2.05, 4.69) is 19.9 Å². The van der Waals surface area contributed by atoms with E-state index < -0.39 is 5.79 Å². The van der Waals surface area contributed by atoms with Crippen molar-refractivity contribution in [2.75, 3.05) is 13.2 Å². The molecule has 0 amide bonds. The van der Waals surface area contributed by atoms with Crippen molar-refractivity contribution in [2.45, 2.75) is 33.0 Å². The highest BCUT2D eigenvalue weighted by Gasteiger charge is 2.45. The van der Waals surface area contributed by atoms with Gasteiger partial charge >= 0.3 is 0 Å². The SMILES string of the molecule is CC1=CC2(CC(C)(C)/C1=C\C#N)OCCO2. The molecule has 1 aliphatic heterocycles. The molecule has 0 N–H and O–H groups in total. The van der Waals surface area contributed by atoms with Crippen molar-refractivity contribution in [1.29, 1.82) is 5.26 Å². The molecule has 1 spiro atoms. The van der Waals surface area contributed by atoms with Gasteiger partial charge in [-0.3, -0.25) is 0 Å². The van der Waals surface area contributed by atoms with Crippen LogP contribution < -0.4 is 0 Å². The highest BCUT2D eigenvalue weighted by molar-refractivity contribution is 5.42. The largest absolute Gasteiger partial charge is 0.344 e. The van der Waals surface area contributed by atoms with Crippen LogP contribution in [0.3, 0.4) is 0 Å². The molecule has 3 nitrogen and oxygen atoms in total. The lowest BCUT2D eigenvalue weighted by atomic mass is 9.71. The molecule has 1 saturated heterocycles. The van der Waals surface area contributed by atoms with Gasteiger partial charge in [-0.2, -0.15) is 5.26 Å². The minimum atomic E-state index is -0.555. The molecule has 3 heteroatoms. The van der Waals surface area contributed by atoms with Crippen molar-refractivity contribution < 1.29 is 9.47 Å². The zero-order valence-electron chi connectivity index (χ0n) is 10.0. The average Bonchev–Trinajstić information content (AvgIpc) is 2.59. The van der Waals surface area contributed by atoms with Crippen LogP contribution in [0.15, 0.2) is 23.3 Å². The van der Waals surface area contributed by atoms with Crippen LogP contribution in [-0.4, -0.2) is 19.0 Å². The van der Waals surface area contributed by atoms with Gasteiger partial charge in [0.2, 0.25) is 0 Å². The van der Waals surface area contributed by atoms with Crippen LogP contribution in [0.1, 0.15) is 27.2 Å². The fourth-order valence-corrected chi connectivity index (χ4v) is 2.73. The molecule has 0 atom stereocenters. The van der Waals surface area contributed by atoms with Crippen molar-refractivity contribution in [3.05, 3.63) is 23.3 Å². The molecule has 86 valence electrons. The standard InChI is InChI=1S/C13H17NO2/c1-10-8-13(15-6-7-16-13)9-12(2,3)11(10)4-5-14/h4,8H,6-7,9H2,1-3H3/b11-4-. The number of ether oxygens (including phenoxy) is 2. The third-order valence-corrected chi connectivity index (χ3v) is 3.26. The van der Waals surface area contributed by atoms with Crippen LogP contribution in [0.5, 0.6) is 0 Å². The number of hydrogen-bond acceptors (Lipinski definition) is 3. The van der Waals surface area contributed by atoms with E-state index in [0.29, 0.717) is 13.2 Å². The van der Waals surface area contributed by atoms with E-state index in [0.717, 1.165) is 17.6 Å². The molecule has 2 rings (SSSR count). The van der Waals surface area contributed by atoms with E-state index in [-0.39, 0.29) is 5.41 Å². The lowest BCUT2D eigenvalue weighted by Gasteiger charge is -2.40. The average molecular weight is 219 g/mol. The van der Waals surface area contributed by atoms with Gasteiger partial charge in [-0.25, -0.2) is 0 Å². The van der Waals surface area contributed by atoms with Gasteiger partial charge in [0.15, 0.2) is 5.79 Å². The van der Waals surface area contributed by atoms with Gasteiger partial charge in [0.05, 0.1) is 19.3 Å². The number of hydrogen-bond donors (Lipinski definition) is 0. The summed E-state index contributed by atoms with van der Waals surface area (Å²) in [5.41, 5.74) is 2.08. The third-order valence-electron chi connectivity index (χ3n) is 3.26. The van der Waals surface area contributed by atoms with Crippen molar-refractivity contribution >= 4 is 0 Å². The summed E-state index contributed by atoms with van der Waals surface area (Å²) < 4.78 is 11.4. The van der Waals surface area contributed by atoms with Crippen LogP contribution >= 0.6 is 0 Å². The fraction of sp³-hybridized carbons (Fsp3) is 0.615. The first-order valence-corrected chi connectivity index (χ1v) is 5.57. The molecule has 0 bridgehead atoms. The number of nitriles is 1. The summed E-state index contributed by atoms with van der Waals surface area (Å²) in [6.45, 7) is 7.56. The quantitative estimate of drug-likeness (QED) is 0.588. The molecule has 0 aromatic heterocycles. The molecule has 0 saturated carbocycles. The van der Waals surface area contributed by atoms with Gasteiger partial charge in [-0.05, 0) is 29.6 Å². The van der Waals surface area contributed by atoms with E-state index in [4.69, 9.17) is 14.7 Å². The predicted molar refractivity (Wildman–Crippen MR) is 60.5 cm³/mol. The van der Waals surface area contributed by atoms with Gasteiger partial charge in [0, 0.05) is 12.5 Å². The molecular formula is C13H17NO2. The Morgan fingerprint density at radius 2 is 2.00 bits per heavy atom. The van der Waals surface area contributed by atoms with Gasteiger partial charge in [0.1, 0.15) is 0 Å². The first-order chi connectivity index (χ1) is 7.49. The van der Waals surface area contributed by atoms with Crippen LogP contribution in [0, 0.1) is 16.7 Å². The van der Waals surface area contributed by atoms with E-state index in [1.54, 1.807) is 6.08 Å². The van der Waals surface area contributed by atoms with Crippen molar-refractivity contribution in [1.82, 2.24) is 0 Å². The molecule has 0 radical (unpaired) electrons. The molecule has 1 fully saturated rings. The molecule has 2 aliphatic rings. The summed E-state index contributed by atoms with van der Waals surface area (Å²) in [5, 5.41) is 8.81. The minimum absolute atomic E-state index is 0.0844. The fourth-order valence-electron chi connectivity index (χ4n) is 2.73. The Kier molecular flexibility index (Phi) is 2.65. The van der Waals surface area contributed by atoms with Crippen LogP contribution in [0.2, 0.25) is 0 Å². The maximum absolute atomic E-state index is 8.81. The summed E-state index contributed by atoms with van der Waals surface area (Å²) in [6, 6.07) is 2.12. The lowest BCUT2D eigenvalue weighted by Crippen LogP contribution is -2.39. The first kappa shape index (κ1) is 11.4. The van der Waals surface area contributed by atoms with E-state index in [1.807, 2.05) is 13.0 Å². The topological polar surface area (TPSA) is 42.2 Å². The predicted octanol–water partition coefficient (Wildman–Crippen LogP) is 2.56. The monoisotopic (exact) mass is 219 g/mol. The lowest BCUT2D eigenvalue weighted by molar-refractivity contribution is -0.139. The summed E-state index contributed by atoms with van der Waals surface area (Å²) in [6.07, 6.45) is 4.41. The van der Waals surface area contributed by atoms with Crippen molar-refractivity contribution in [2.24, 2.45) is 5.41 Å². The third kappa shape index (κ3) is 1.79. The van der Waals surface area contributed by atoms with Gasteiger partial charge in [-0.15, -0.1) is 0 Å². The summed E-state index contributed by atoms with van der Waals surface area (Å²) in [5.74, 6) is -0.555. The number of nitrogens with zero attached hydrogens (tertiary/aromatic N) is 1. The van der Waals surface area contributed by atoms with Crippen LogP contribution in [0.25, 0.3) is 0 Å². The second-order valence-electron chi connectivity index (χ2n) is 5.08. The van der Waals surface area contributed by atoms with Gasteiger partial charge in [0.25, 0.3) is 0 Å². The van der Waals surface area contributed by atoms with Crippen molar-refractivity contribution in [3.8, 4) is 6.07 Å². The maximum atomic E-state index is 8.81. The molecule has 0 aromatic carbocycles.